The summed E-state index contributed by atoms with van der Waals surface area (Å²) in [6, 6.07) is 11.0. The summed E-state index contributed by atoms with van der Waals surface area (Å²) in [5.74, 6) is 0. The number of benzene rings is 1. The fourth-order valence-corrected chi connectivity index (χ4v) is 1.27. The summed E-state index contributed by atoms with van der Waals surface area (Å²) in [5.41, 5.74) is 1.35. The smallest absolute Gasteiger partial charge is 0.116 e. The van der Waals surface area contributed by atoms with Crippen molar-refractivity contribution >= 4 is 0 Å². The second kappa shape index (κ2) is 5.18. The summed E-state index contributed by atoms with van der Waals surface area (Å²) in [5, 5.41) is 0. The molecule has 0 saturated carbocycles. The Morgan fingerprint density at radius 3 is 2.14 bits per heavy atom. The number of halogens is 1. The fraction of sp³-hybridized carbons (Fsp3) is 0.333. The standard InChI is InChI=1S/C12H18N.ClH/c1-5-13(3,4)11(2)12-9-7-6-8-10-12;/h5-11H,1H2,2-4H3;1H/q+1;/p-1. The molecule has 0 aliphatic rings. The average Bonchev–Trinajstić information content (AvgIpc) is 2.18. The maximum absolute atomic E-state index is 3.85. The second-order valence-corrected chi connectivity index (χ2v) is 3.90. The van der Waals surface area contributed by atoms with Crippen LogP contribution < -0.4 is 12.4 Å². The van der Waals surface area contributed by atoms with E-state index >= 15 is 0 Å². The SMILES string of the molecule is C=C[N+](C)(C)C(C)c1ccccc1.[Cl-]. The first-order chi connectivity index (χ1) is 6.08. The molecule has 1 atom stereocenters. The summed E-state index contributed by atoms with van der Waals surface area (Å²) in [6.07, 6.45) is 1.97. The van der Waals surface area contributed by atoms with Gasteiger partial charge in [-0.2, -0.15) is 0 Å². The van der Waals surface area contributed by atoms with Gasteiger partial charge in [-0.05, 0) is 13.5 Å². The molecular formula is C12H18ClN. The molecule has 0 fully saturated rings. The summed E-state index contributed by atoms with van der Waals surface area (Å²) in [4.78, 5) is 0. The van der Waals surface area contributed by atoms with Crippen molar-refractivity contribution in [3.63, 3.8) is 0 Å². The third kappa shape index (κ3) is 2.86. The van der Waals surface area contributed by atoms with Crippen LogP contribution in [0.25, 0.3) is 0 Å². The van der Waals surface area contributed by atoms with E-state index in [2.05, 4.69) is 51.9 Å². The summed E-state index contributed by atoms with van der Waals surface area (Å²) in [6.45, 7) is 6.07. The van der Waals surface area contributed by atoms with Crippen molar-refractivity contribution in [3.8, 4) is 0 Å². The zero-order chi connectivity index (χ0) is 9.90. The van der Waals surface area contributed by atoms with E-state index in [1.54, 1.807) is 0 Å². The fourth-order valence-electron chi connectivity index (χ4n) is 1.27. The molecule has 1 nitrogen and oxygen atoms in total. The molecule has 0 aliphatic carbocycles. The molecule has 0 spiro atoms. The molecule has 1 unspecified atom stereocenters. The zero-order valence-electron chi connectivity index (χ0n) is 9.07. The van der Waals surface area contributed by atoms with Crippen LogP contribution in [0.2, 0.25) is 0 Å². The van der Waals surface area contributed by atoms with Gasteiger partial charge in [0.05, 0.1) is 20.3 Å². The Hall–Kier alpha value is -0.790. The van der Waals surface area contributed by atoms with Gasteiger partial charge in [0, 0.05) is 5.56 Å². The minimum absolute atomic E-state index is 0. The molecular weight excluding hydrogens is 194 g/mol. The topological polar surface area (TPSA) is 0 Å². The van der Waals surface area contributed by atoms with Gasteiger partial charge in [0.1, 0.15) is 6.04 Å². The quantitative estimate of drug-likeness (QED) is 0.617. The van der Waals surface area contributed by atoms with Crippen LogP contribution in [0.1, 0.15) is 18.5 Å². The van der Waals surface area contributed by atoms with Crippen LogP contribution in [-0.4, -0.2) is 18.6 Å². The van der Waals surface area contributed by atoms with E-state index in [1.807, 2.05) is 12.3 Å². The molecule has 0 bridgehead atoms. The highest BCUT2D eigenvalue weighted by molar-refractivity contribution is 5.16. The lowest BCUT2D eigenvalue weighted by molar-refractivity contribution is -0.869. The predicted octanol–water partition coefficient (Wildman–Crippen LogP) is -0.0285. The largest absolute Gasteiger partial charge is 1.00 e. The number of hydrogen-bond donors (Lipinski definition) is 0. The van der Waals surface area contributed by atoms with Crippen molar-refractivity contribution in [3.05, 3.63) is 48.7 Å². The second-order valence-electron chi connectivity index (χ2n) is 3.90. The highest BCUT2D eigenvalue weighted by Crippen LogP contribution is 2.23. The molecule has 0 heterocycles. The molecule has 1 rings (SSSR count). The van der Waals surface area contributed by atoms with Crippen LogP contribution in [0, 0.1) is 0 Å². The highest BCUT2D eigenvalue weighted by atomic mass is 35.5. The van der Waals surface area contributed by atoms with Crippen LogP contribution >= 0.6 is 0 Å². The van der Waals surface area contributed by atoms with Crippen molar-refractivity contribution in [2.45, 2.75) is 13.0 Å². The molecule has 1 aromatic rings. The van der Waals surface area contributed by atoms with Crippen molar-refractivity contribution in [2.24, 2.45) is 0 Å². The number of rotatable bonds is 3. The molecule has 14 heavy (non-hydrogen) atoms. The molecule has 0 amide bonds. The maximum atomic E-state index is 3.85. The highest BCUT2D eigenvalue weighted by Gasteiger charge is 2.21. The maximum Gasteiger partial charge on any atom is 0.116 e. The molecule has 2 heteroatoms. The molecule has 1 aromatic carbocycles. The minimum atomic E-state index is 0. The molecule has 0 saturated heterocycles. The molecule has 0 N–H and O–H groups in total. The Labute approximate surface area is 93.1 Å². The van der Waals surface area contributed by atoms with Gasteiger partial charge in [-0.3, -0.25) is 4.48 Å². The van der Waals surface area contributed by atoms with Gasteiger partial charge in [-0.1, -0.05) is 30.3 Å². The van der Waals surface area contributed by atoms with Gasteiger partial charge in [-0.15, -0.1) is 0 Å². The summed E-state index contributed by atoms with van der Waals surface area (Å²) < 4.78 is 0.810. The van der Waals surface area contributed by atoms with Crippen molar-refractivity contribution in [1.29, 1.82) is 0 Å². The Kier molecular flexibility index (Phi) is 4.89. The lowest BCUT2D eigenvalue weighted by atomic mass is 10.1. The monoisotopic (exact) mass is 211 g/mol. The third-order valence-electron chi connectivity index (χ3n) is 2.75. The van der Waals surface area contributed by atoms with Crippen molar-refractivity contribution in [2.75, 3.05) is 14.1 Å². The van der Waals surface area contributed by atoms with Crippen LogP contribution in [-0.2, 0) is 0 Å². The van der Waals surface area contributed by atoms with E-state index in [-0.39, 0.29) is 12.4 Å². The van der Waals surface area contributed by atoms with Crippen LogP contribution in [0.15, 0.2) is 43.1 Å². The normalized spacial score (nSPS) is 12.8. The first-order valence-electron chi connectivity index (χ1n) is 4.60. The van der Waals surface area contributed by atoms with Gasteiger partial charge in [-0.25, -0.2) is 0 Å². The molecule has 0 radical (unpaired) electrons. The lowest BCUT2D eigenvalue weighted by Gasteiger charge is -2.32. The Balaban J connectivity index is 0.00000169. The number of hydrogen-bond acceptors (Lipinski definition) is 0. The predicted molar refractivity (Wildman–Crippen MR) is 57.2 cm³/mol. The molecule has 0 aliphatic heterocycles. The van der Waals surface area contributed by atoms with Crippen molar-refractivity contribution in [1.82, 2.24) is 0 Å². The van der Waals surface area contributed by atoms with Gasteiger partial charge < -0.3 is 12.4 Å². The van der Waals surface area contributed by atoms with Gasteiger partial charge in [0.25, 0.3) is 0 Å². The first kappa shape index (κ1) is 13.2. The third-order valence-corrected chi connectivity index (χ3v) is 2.75. The van der Waals surface area contributed by atoms with Crippen molar-refractivity contribution < 1.29 is 16.9 Å². The van der Waals surface area contributed by atoms with Crippen LogP contribution in [0.3, 0.4) is 0 Å². The van der Waals surface area contributed by atoms with E-state index in [0.29, 0.717) is 6.04 Å². The minimum Gasteiger partial charge on any atom is -1.00 e. The number of quaternary nitrogens is 1. The van der Waals surface area contributed by atoms with Crippen LogP contribution in [0.5, 0.6) is 0 Å². The van der Waals surface area contributed by atoms with E-state index in [0.717, 1.165) is 4.48 Å². The number of nitrogens with zero attached hydrogens (tertiary/aromatic N) is 1. The Bertz CT molecular complexity index is 280. The first-order valence-corrected chi connectivity index (χ1v) is 4.60. The van der Waals surface area contributed by atoms with E-state index in [4.69, 9.17) is 0 Å². The Morgan fingerprint density at radius 1 is 1.21 bits per heavy atom. The van der Waals surface area contributed by atoms with Gasteiger partial charge in [0.15, 0.2) is 0 Å². The zero-order valence-corrected chi connectivity index (χ0v) is 9.83. The Morgan fingerprint density at radius 2 is 1.71 bits per heavy atom. The van der Waals surface area contributed by atoms with E-state index in [1.165, 1.54) is 5.56 Å². The molecule has 78 valence electrons. The lowest BCUT2D eigenvalue weighted by Crippen LogP contribution is -3.00. The van der Waals surface area contributed by atoms with Gasteiger partial charge in [0.2, 0.25) is 0 Å². The summed E-state index contributed by atoms with van der Waals surface area (Å²) >= 11 is 0. The summed E-state index contributed by atoms with van der Waals surface area (Å²) in [7, 11) is 4.31. The van der Waals surface area contributed by atoms with Gasteiger partial charge >= 0.3 is 0 Å². The van der Waals surface area contributed by atoms with E-state index < -0.39 is 0 Å². The van der Waals surface area contributed by atoms with Crippen LogP contribution in [0.4, 0.5) is 0 Å². The van der Waals surface area contributed by atoms with E-state index in [9.17, 15) is 0 Å². The molecule has 0 aromatic heterocycles. The average molecular weight is 212 g/mol.